The third kappa shape index (κ3) is 4.58. The molecule has 0 radical (unpaired) electrons. The Labute approximate surface area is 123 Å². The van der Waals surface area contributed by atoms with E-state index in [0.29, 0.717) is 11.4 Å². The van der Waals surface area contributed by atoms with Crippen molar-refractivity contribution in [3.63, 3.8) is 0 Å². The summed E-state index contributed by atoms with van der Waals surface area (Å²) in [5, 5.41) is 3.28. The van der Waals surface area contributed by atoms with E-state index in [9.17, 15) is 8.42 Å². The molecule has 3 nitrogen and oxygen atoms in total. The molecule has 0 atom stereocenters. The van der Waals surface area contributed by atoms with Crippen molar-refractivity contribution in [1.29, 1.82) is 0 Å². The Morgan fingerprint density at radius 2 is 1.79 bits per heavy atom. The second-order valence-electron chi connectivity index (χ2n) is 5.13. The van der Waals surface area contributed by atoms with Gasteiger partial charge in [-0.05, 0) is 49.6 Å². The zero-order valence-electron chi connectivity index (χ0n) is 10.9. The van der Waals surface area contributed by atoms with Crippen LogP contribution in [0.25, 0.3) is 0 Å². The lowest BCUT2D eigenvalue weighted by Crippen LogP contribution is -2.27. The van der Waals surface area contributed by atoms with Crippen molar-refractivity contribution < 1.29 is 8.42 Å². The Balaban J connectivity index is 1.79. The van der Waals surface area contributed by atoms with Gasteiger partial charge >= 0.3 is 0 Å². The zero-order valence-corrected chi connectivity index (χ0v) is 13.3. The van der Waals surface area contributed by atoms with E-state index in [1.165, 1.54) is 25.7 Å². The second kappa shape index (κ2) is 6.86. The molecule has 106 valence electrons. The summed E-state index contributed by atoms with van der Waals surface area (Å²) in [4.78, 5) is 0.401. The third-order valence-electron chi connectivity index (χ3n) is 3.63. The molecule has 0 saturated heterocycles. The quantitative estimate of drug-likeness (QED) is 0.806. The van der Waals surface area contributed by atoms with Gasteiger partial charge in [-0.15, -0.1) is 0 Å². The van der Waals surface area contributed by atoms with Gasteiger partial charge in [0.2, 0.25) is 0 Å². The van der Waals surface area contributed by atoms with E-state index >= 15 is 0 Å². The SMILES string of the molecule is O=S(=O)(CCNCC1CCCC1)c1ccc(Br)cc1. The average molecular weight is 346 g/mol. The molecular weight excluding hydrogens is 326 g/mol. The summed E-state index contributed by atoms with van der Waals surface area (Å²) in [6.07, 6.45) is 5.21. The molecule has 1 fully saturated rings. The van der Waals surface area contributed by atoms with E-state index in [0.717, 1.165) is 16.9 Å². The van der Waals surface area contributed by atoms with Crippen LogP contribution in [-0.2, 0) is 9.84 Å². The molecule has 1 N–H and O–H groups in total. The van der Waals surface area contributed by atoms with E-state index in [2.05, 4.69) is 21.2 Å². The molecule has 0 heterocycles. The van der Waals surface area contributed by atoms with Gasteiger partial charge in [0.25, 0.3) is 0 Å². The van der Waals surface area contributed by atoms with Crippen LogP contribution in [0.1, 0.15) is 25.7 Å². The molecule has 0 aliphatic heterocycles. The first-order valence-electron chi connectivity index (χ1n) is 6.77. The highest BCUT2D eigenvalue weighted by Crippen LogP contribution is 2.23. The molecule has 1 aliphatic rings. The summed E-state index contributed by atoms with van der Waals surface area (Å²) < 4.78 is 25.1. The molecule has 0 bridgehead atoms. The van der Waals surface area contributed by atoms with Crippen LogP contribution in [0.4, 0.5) is 0 Å². The highest BCUT2D eigenvalue weighted by atomic mass is 79.9. The minimum Gasteiger partial charge on any atom is -0.315 e. The Morgan fingerprint density at radius 3 is 2.42 bits per heavy atom. The van der Waals surface area contributed by atoms with Crippen molar-refractivity contribution in [2.75, 3.05) is 18.8 Å². The fourth-order valence-electron chi connectivity index (χ4n) is 2.49. The highest BCUT2D eigenvalue weighted by Gasteiger charge is 2.16. The van der Waals surface area contributed by atoms with Gasteiger partial charge in [-0.3, -0.25) is 0 Å². The second-order valence-corrected chi connectivity index (χ2v) is 8.15. The van der Waals surface area contributed by atoms with E-state index in [4.69, 9.17) is 0 Å². The van der Waals surface area contributed by atoms with Crippen molar-refractivity contribution >= 4 is 25.8 Å². The van der Waals surface area contributed by atoms with Gasteiger partial charge in [0.05, 0.1) is 10.6 Å². The molecule has 19 heavy (non-hydrogen) atoms. The molecule has 1 aliphatic carbocycles. The standard InChI is InChI=1S/C14H20BrNO2S/c15-13-5-7-14(8-6-13)19(17,18)10-9-16-11-12-3-1-2-4-12/h5-8,12,16H,1-4,9-11H2. The van der Waals surface area contributed by atoms with Gasteiger partial charge in [-0.1, -0.05) is 28.8 Å². The van der Waals surface area contributed by atoms with Gasteiger partial charge in [0, 0.05) is 11.0 Å². The van der Waals surface area contributed by atoms with Crippen molar-refractivity contribution in [1.82, 2.24) is 5.32 Å². The largest absolute Gasteiger partial charge is 0.315 e. The lowest BCUT2D eigenvalue weighted by molar-refractivity contribution is 0.497. The van der Waals surface area contributed by atoms with Crippen molar-refractivity contribution in [3.05, 3.63) is 28.7 Å². The maximum absolute atomic E-state index is 12.1. The number of sulfone groups is 1. The van der Waals surface area contributed by atoms with E-state index in [1.807, 2.05) is 0 Å². The first-order chi connectivity index (χ1) is 9.08. The molecule has 0 spiro atoms. The molecule has 5 heteroatoms. The predicted molar refractivity (Wildman–Crippen MR) is 81.0 cm³/mol. The summed E-state index contributed by atoms with van der Waals surface area (Å²) >= 11 is 3.31. The first-order valence-corrected chi connectivity index (χ1v) is 9.21. The van der Waals surface area contributed by atoms with Crippen LogP contribution >= 0.6 is 15.9 Å². The Kier molecular flexibility index (Phi) is 5.42. The molecule has 0 aromatic heterocycles. The number of rotatable bonds is 6. The van der Waals surface area contributed by atoms with E-state index in [-0.39, 0.29) is 5.75 Å². The smallest absolute Gasteiger partial charge is 0.179 e. The molecule has 2 rings (SSSR count). The normalized spacial score (nSPS) is 16.9. The molecule has 1 saturated carbocycles. The molecule has 0 unspecified atom stereocenters. The van der Waals surface area contributed by atoms with Gasteiger partial charge in [-0.2, -0.15) is 0 Å². The van der Waals surface area contributed by atoms with Crippen LogP contribution in [0.15, 0.2) is 33.6 Å². The van der Waals surface area contributed by atoms with Crippen LogP contribution in [0.5, 0.6) is 0 Å². The summed E-state index contributed by atoms with van der Waals surface area (Å²) in [5.41, 5.74) is 0. The van der Waals surface area contributed by atoms with Crippen molar-refractivity contribution in [3.8, 4) is 0 Å². The molecular formula is C14H20BrNO2S. The van der Waals surface area contributed by atoms with Crippen molar-refractivity contribution in [2.45, 2.75) is 30.6 Å². The van der Waals surface area contributed by atoms with Crippen LogP contribution in [0, 0.1) is 5.92 Å². The minimum atomic E-state index is -3.16. The Morgan fingerprint density at radius 1 is 1.16 bits per heavy atom. The average Bonchev–Trinajstić information content (AvgIpc) is 2.88. The first kappa shape index (κ1) is 15.0. The van der Waals surface area contributed by atoms with Crippen LogP contribution < -0.4 is 5.32 Å². The summed E-state index contributed by atoms with van der Waals surface area (Å²) in [7, 11) is -3.16. The van der Waals surface area contributed by atoms with E-state index in [1.54, 1.807) is 24.3 Å². The fraction of sp³-hybridized carbons (Fsp3) is 0.571. The van der Waals surface area contributed by atoms with Crippen LogP contribution in [-0.4, -0.2) is 27.3 Å². The van der Waals surface area contributed by atoms with Crippen LogP contribution in [0.3, 0.4) is 0 Å². The third-order valence-corrected chi connectivity index (χ3v) is 5.89. The summed E-state index contributed by atoms with van der Waals surface area (Å²) in [5.74, 6) is 0.914. The number of halogens is 1. The maximum Gasteiger partial charge on any atom is 0.179 e. The highest BCUT2D eigenvalue weighted by molar-refractivity contribution is 9.10. The van der Waals surface area contributed by atoms with Crippen LogP contribution in [0.2, 0.25) is 0 Å². The minimum absolute atomic E-state index is 0.168. The molecule has 0 amide bonds. The number of nitrogens with one attached hydrogen (secondary N) is 1. The number of hydrogen-bond acceptors (Lipinski definition) is 3. The predicted octanol–water partition coefficient (Wildman–Crippen LogP) is 3.00. The van der Waals surface area contributed by atoms with Gasteiger partial charge < -0.3 is 5.32 Å². The summed E-state index contributed by atoms with van der Waals surface area (Å²) in [6, 6.07) is 6.82. The summed E-state index contributed by atoms with van der Waals surface area (Å²) in [6.45, 7) is 1.49. The van der Waals surface area contributed by atoms with Gasteiger partial charge in [0.15, 0.2) is 9.84 Å². The molecule has 1 aromatic rings. The van der Waals surface area contributed by atoms with Crippen molar-refractivity contribution in [2.24, 2.45) is 5.92 Å². The monoisotopic (exact) mass is 345 g/mol. The lowest BCUT2D eigenvalue weighted by atomic mass is 10.1. The Bertz CT molecular complexity index is 493. The molecule has 1 aromatic carbocycles. The lowest BCUT2D eigenvalue weighted by Gasteiger charge is -2.10. The Hall–Kier alpha value is -0.390. The van der Waals surface area contributed by atoms with Gasteiger partial charge in [-0.25, -0.2) is 8.42 Å². The number of hydrogen-bond donors (Lipinski definition) is 1. The maximum atomic E-state index is 12.1. The van der Waals surface area contributed by atoms with Gasteiger partial charge in [0.1, 0.15) is 0 Å². The van der Waals surface area contributed by atoms with E-state index < -0.39 is 9.84 Å². The zero-order chi connectivity index (χ0) is 13.7. The fourth-order valence-corrected chi connectivity index (χ4v) is 3.95. The topological polar surface area (TPSA) is 46.2 Å². The number of benzene rings is 1.